The Kier molecular flexibility index (Phi) is 4.53. The Morgan fingerprint density at radius 3 is 2.67 bits per heavy atom. The molecule has 0 spiro atoms. The lowest BCUT2D eigenvalue weighted by Crippen LogP contribution is -2.38. The number of carbonyl (C=O) groups is 1. The number of hydrogen-bond acceptors (Lipinski definition) is 7. The van der Waals surface area contributed by atoms with E-state index in [1.54, 1.807) is 5.38 Å². The zero-order valence-electron chi connectivity index (χ0n) is 15.0. The summed E-state index contributed by atoms with van der Waals surface area (Å²) in [7, 11) is 0. The number of aromatic nitrogens is 3. The lowest BCUT2D eigenvalue weighted by atomic mass is 9.97. The quantitative estimate of drug-likeness (QED) is 0.794. The van der Waals surface area contributed by atoms with E-state index in [4.69, 9.17) is 4.98 Å². The van der Waals surface area contributed by atoms with E-state index in [1.807, 2.05) is 16.2 Å². The van der Waals surface area contributed by atoms with Crippen LogP contribution < -0.4 is 0 Å². The van der Waals surface area contributed by atoms with Gasteiger partial charge in [0.1, 0.15) is 0 Å². The van der Waals surface area contributed by atoms with Crippen molar-refractivity contribution in [2.75, 3.05) is 26.2 Å². The fourth-order valence-electron chi connectivity index (χ4n) is 3.96. The highest BCUT2D eigenvalue weighted by atomic mass is 32.1. The number of rotatable bonds is 3. The molecule has 5 rings (SSSR count). The Bertz CT molecular complexity index is 868. The predicted molar refractivity (Wildman–Crippen MR) is 106 cm³/mol. The van der Waals surface area contributed by atoms with Crippen molar-refractivity contribution < 1.29 is 4.79 Å². The van der Waals surface area contributed by atoms with Gasteiger partial charge in [0.05, 0.1) is 10.7 Å². The average Bonchev–Trinajstić information content (AvgIpc) is 3.29. The average molecular weight is 400 g/mol. The number of nitrogens with zero attached hydrogens (tertiary/aromatic N) is 5. The van der Waals surface area contributed by atoms with Crippen LogP contribution in [-0.2, 0) is 12.8 Å². The summed E-state index contributed by atoms with van der Waals surface area (Å²) in [5, 5.41) is 6.91. The zero-order valence-corrected chi connectivity index (χ0v) is 16.6. The van der Waals surface area contributed by atoms with Gasteiger partial charge >= 0.3 is 0 Å². The van der Waals surface area contributed by atoms with Gasteiger partial charge in [-0.1, -0.05) is 10.6 Å². The van der Waals surface area contributed by atoms with E-state index in [-0.39, 0.29) is 5.91 Å². The Balaban J connectivity index is 1.21. The highest BCUT2D eigenvalue weighted by molar-refractivity contribution is 7.11. The maximum atomic E-state index is 12.4. The molecule has 8 heteroatoms. The maximum absolute atomic E-state index is 12.4. The number of fused-ring (bicyclic) bond motifs is 1. The minimum Gasteiger partial charge on any atom is -0.371 e. The fourth-order valence-corrected chi connectivity index (χ4v) is 5.66. The van der Waals surface area contributed by atoms with Gasteiger partial charge in [0.15, 0.2) is 5.69 Å². The minimum atomic E-state index is 0.0107. The molecule has 2 aromatic rings. The lowest BCUT2D eigenvalue weighted by molar-refractivity contribution is 0.0707. The number of hydrogen-bond donors (Lipinski definition) is 0. The molecular weight excluding hydrogens is 378 g/mol. The van der Waals surface area contributed by atoms with Crippen LogP contribution in [-0.4, -0.2) is 56.5 Å². The highest BCUT2D eigenvalue weighted by Gasteiger charge is 2.29. The number of amides is 1. The molecule has 2 aromatic heterocycles. The van der Waals surface area contributed by atoms with Crippen molar-refractivity contribution in [2.45, 2.75) is 31.6 Å². The standard InChI is InChI=1S/C19H21N5OS2/c25-19(16-12-26-22-21-16)24-8-4-13(5-9-24)18-20-15-6-10-23(14-2-1-3-14)11-7-17(15)27-18/h1-3,12-13H,4-11H2. The van der Waals surface area contributed by atoms with Crippen molar-refractivity contribution in [3.63, 3.8) is 0 Å². The molecule has 1 aliphatic carbocycles. The van der Waals surface area contributed by atoms with E-state index in [9.17, 15) is 4.79 Å². The lowest BCUT2D eigenvalue weighted by Gasteiger charge is -2.30. The largest absolute Gasteiger partial charge is 0.371 e. The second-order valence-corrected chi connectivity index (χ2v) is 8.94. The molecule has 0 radical (unpaired) electrons. The van der Waals surface area contributed by atoms with Crippen molar-refractivity contribution in [1.82, 2.24) is 24.4 Å². The van der Waals surface area contributed by atoms with Crippen LogP contribution in [0.1, 0.15) is 44.8 Å². The molecule has 140 valence electrons. The van der Waals surface area contributed by atoms with Crippen molar-refractivity contribution in [1.29, 1.82) is 0 Å². The third-order valence-electron chi connectivity index (χ3n) is 5.63. The molecule has 27 heavy (non-hydrogen) atoms. The first-order valence-electron chi connectivity index (χ1n) is 9.46. The first kappa shape index (κ1) is 17.1. The smallest absolute Gasteiger partial charge is 0.275 e. The molecule has 0 aromatic carbocycles. The molecule has 0 bridgehead atoms. The van der Waals surface area contributed by atoms with Crippen molar-refractivity contribution in [3.05, 3.63) is 50.6 Å². The summed E-state index contributed by atoms with van der Waals surface area (Å²) in [5.74, 6) is 0.490. The molecule has 0 atom stereocenters. The van der Waals surface area contributed by atoms with Gasteiger partial charge in [0.2, 0.25) is 0 Å². The number of thiazole rings is 1. The molecule has 1 amide bonds. The number of piperidine rings is 1. The van der Waals surface area contributed by atoms with Crippen LogP contribution in [0.3, 0.4) is 0 Å². The van der Waals surface area contributed by atoms with E-state index in [0.29, 0.717) is 11.6 Å². The first-order chi connectivity index (χ1) is 13.3. The molecule has 1 saturated heterocycles. The van der Waals surface area contributed by atoms with E-state index in [1.165, 1.54) is 32.8 Å². The van der Waals surface area contributed by atoms with E-state index in [0.717, 1.165) is 51.9 Å². The van der Waals surface area contributed by atoms with Gasteiger partial charge in [0, 0.05) is 60.9 Å². The summed E-state index contributed by atoms with van der Waals surface area (Å²) in [4.78, 5) is 23.3. The van der Waals surface area contributed by atoms with Gasteiger partial charge in [-0.2, -0.15) is 0 Å². The van der Waals surface area contributed by atoms with Gasteiger partial charge in [0.25, 0.3) is 5.91 Å². The summed E-state index contributed by atoms with van der Waals surface area (Å²) in [5.41, 5.74) is 3.13. The van der Waals surface area contributed by atoms with Gasteiger partial charge < -0.3 is 9.80 Å². The van der Waals surface area contributed by atoms with E-state index >= 15 is 0 Å². The number of likely N-dealkylation sites (tertiary alicyclic amines) is 1. The molecule has 0 saturated carbocycles. The second-order valence-electron chi connectivity index (χ2n) is 7.22. The van der Waals surface area contributed by atoms with E-state index < -0.39 is 0 Å². The molecular formula is C19H21N5OS2. The van der Waals surface area contributed by atoms with Crippen molar-refractivity contribution >= 4 is 28.8 Å². The molecule has 2 aliphatic heterocycles. The summed E-state index contributed by atoms with van der Waals surface area (Å²) >= 11 is 3.13. The molecule has 6 nitrogen and oxygen atoms in total. The molecule has 4 heterocycles. The zero-order chi connectivity index (χ0) is 18.2. The summed E-state index contributed by atoms with van der Waals surface area (Å²) in [6.07, 6.45) is 10.6. The minimum absolute atomic E-state index is 0.0107. The fraction of sp³-hybridized carbons (Fsp3) is 0.474. The Hall–Kier alpha value is -2.06. The van der Waals surface area contributed by atoms with Gasteiger partial charge in [-0.15, -0.1) is 16.4 Å². The summed E-state index contributed by atoms with van der Waals surface area (Å²) < 4.78 is 3.80. The van der Waals surface area contributed by atoms with Crippen LogP contribution in [0, 0.1) is 0 Å². The van der Waals surface area contributed by atoms with Crippen LogP contribution >= 0.6 is 22.9 Å². The van der Waals surface area contributed by atoms with Crippen molar-refractivity contribution in [2.24, 2.45) is 0 Å². The predicted octanol–water partition coefficient (Wildman–Crippen LogP) is 2.87. The number of carbonyl (C=O) groups excluding carboxylic acids is 1. The molecule has 3 aliphatic rings. The monoisotopic (exact) mass is 399 g/mol. The van der Waals surface area contributed by atoms with Crippen LogP contribution in [0.4, 0.5) is 0 Å². The molecule has 1 fully saturated rings. The Morgan fingerprint density at radius 2 is 1.96 bits per heavy atom. The second kappa shape index (κ2) is 7.16. The maximum Gasteiger partial charge on any atom is 0.275 e. The number of allylic oxidation sites excluding steroid dienone is 3. The first-order valence-corrected chi connectivity index (χ1v) is 11.1. The third kappa shape index (κ3) is 3.32. The highest BCUT2D eigenvalue weighted by Crippen LogP contribution is 2.34. The van der Waals surface area contributed by atoms with Crippen LogP contribution in [0.5, 0.6) is 0 Å². The Morgan fingerprint density at radius 1 is 1.15 bits per heavy atom. The normalized spacial score (nSPS) is 20.1. The van der Waals surface area contributed by atoms with Crippen LogP contribution in [0.25, 0.3) is 0 Å². The van der Waals surface area contributed by atoms with Gasteiger partial charge in [-0.05, 0) is 36.5 Å². The summed E-state index contributed by atoms with van der Waals surface area (Å²) in [6, 6.07) is 0. The molecule has 0 unspecified atom stereocenters. The van der Waals surface area contributed by atoms with Gasteiger partial charge in [-0.3, -0.25) is 4.79 Å². The molecule has 0 N–H and O–H groups in total. The van der Waals surface area contributed by atoms with Crippen LogP contribution in [0.15, 0.2) is 29.3 Å². The van der Waals surface area contributed by atoms with Crippen LogP contribution in [0.2, 0.25) is 0 Å². The third-order valence-corrected chi connectivity index (χ3v) is 7.46. The summed E-state index contributed by atoms with van der Waals surface area (Å²) in [6.45, 7) is 3.69. The topological polar surface area (TPSA) is 62.2 Å². The Labute approximate surface area is 166 Å². The van der Waals surface area contributed by atoms with Gasteiger partial charge in [-0.25, -0.2) is 4.98 Å². The van der Waals surface area contributed by atoms with E-state index in [2.05, 4.69) is 32.7 Å². The SMILES string of the molecule is O=C(c1csnn1)N1CCC(c2nc3c(s2)CCN(C2=CC=C2)CC3)CC1. The van der Waals surface area contributed by atoms with Crippen molar-refractivity contribution in [3.8, 4) is 0 Å².